The average Bonchev–Trinajstić information content (AvgIpc) is 3.26. The van der Waals surface area contributed by atoms with Crippen molar-refractivity contribution in [3.05, 3.63) is 90.3 Å². The Kier molecular flexibility index (Phi) is 6.47. The average molecular weight is 389 g/mol. The molecule has 1 heterocycles. The molecule has 0 bridgehead atoms. The zero-order valence-electron chi connectivity index (χ0n) is 16.2. The lowest BCUT2D eigenvalue weighted by Crippen LogP contribution is -2.19. The van der Waals surface area contributed by atoms with Crippen LogP contribution in [0, 0.1) is 0 Å². The number of benzene rings is 2. The zero-order valence-corrected chi connectivity index (χ0v) is 16.2. The van der Waals surface area contributed by atoms with Crippen LogP contribution in [0.5, 0.6) is 11.5 Å². The summed E-state index contributed by atoms with van der Waals surface area (Å²) in [5, 5.41) is 14.3. The van der Waals surface area contributed by atoms with Gasteiger partial charge in [0.2, 0.25) is 0 Å². The fourth-order valence-electron chi connectivity index (χ4n) is 2.95. The van der Waals surface area contributed by atoms with Crippen molar-refractivity contribution >= 4 is 12.1 Å². The fraction of sp³-hybridized carbons (Fsp3) is 0.130. The van der Waals surface area contributed by atoms with Crippen molar-refractivity contribution in [3.8, 4) is 17.2 Å². The van der Waals surface area contributed by atoms with E-state index in [1.807, 2.05) is 54.2 Å². The van der Waals surface area contributed by atoms with E-state index in [1.165, 1.54) is 6.21 Å². The van der Waals surface area contributed by atoms with Crippen LogP contribution in [0.2, 0.25) is 0 Å². The van der Waals surface area contributed by atoms with Gasteiger partial charge >= 0.3 is 0 Å². The van der Waals surface area contributed by atoms with Gasteiger partial charge < -0.3 is 14.4 Å². The summed E-state index contributed by atoms with van der Waals surface area (Å²) in [6.45, 7) is 5.97. The first kappa shape index (κ1) is 19.9. The number of rotatable bonds is 8. The molecule has 0 spiro atoms. The molecule has 1 aromatic heterocycles. The van der Waals surface area contributed by atoms with Crippen molar-refractivity contribution < 1.29 is 14.6 Å². The van der Waals surface area contributed by atoms with Crippen LogP contribution in [0.4, 0.5) is 0 Å². The van der Waals surface area contributed by atoms with Crippen molar-refractivity contribution in [1.29, 1.82) is 0 Å². The van der Waals surface area contributed by atoms with Gasteiger partial charge in [0.1, 0.15) is 0 Å². The molecule has 0 saturated carbocycles. The first-order valence-corrected chi connectivity index (χ1v) is 9.29. The number of nitrogens with zero attached hydrogens (tertiary/aromatic N) is 2. The molecule has 6 heteroatoms. The second-order valence-corrected chi connectivity index (χ2v) is 6.26. The monoisotopic (exact) mass is 389 g/mol. The van der Waals surface area contributed by atoms with E-state index in [1.54, 1.807) is 24.3 Å². The smallest absolute Gasteiger partial charge is 0.273 e. The third kappa shape index (κ3) is 4.73. The number of allylic oxidation sites excluding steroid dienone is 1. The van der Waals surface area contributed by atoms with E-state index in [4.69, 9.17) is 4.74 Å². The molecule has 6 nitrogen and oxygen atoms in total. The molecule has 0 aliphatic carbocycles. The van der Waals surface area contributed by atoms with Crippen LogP contribution in [0.25, 0.3) is 5.69 Å². The van der Waals surface area contributed by atoms with Gasteiger partial charge in [-0.2, -0.15) is 5.10 Å². The molecule has 0 atom stereocenters. The lowest BCUT2D eigenvalue weighted by Gasteiger charge is -2.11. The summed E-state index contributed by atoms with van der Waals surface area (Å²) >= 11 is 0. The second kappa shape index (κ2) is 9.41. The number of hydrogen-bond donors (Lipinski definition) is 2. The van der Waals surface area contributed by atoms with Gasteiger partial charge in [0.05, 0.1) is 24.1 Å². The molecule has 2 aromatic carbocycles. The molecule has 3 aromatic rings. The van der Waals surface area contributed by atoms with Crippen LogP contribution in [-0.4, -0.2) is 28.4 Å². The maximum absolute atomic E-state index is 12.6. The number of aromatic nitrogens is 1. The Morgan fingerprint density at radius 2 is 2.00 bits per heavy atom. The Balaban J connectivity index is 1.80. The first-order valence-electron chi connectivity index (χ1n) is 9.29. The Morgan fingerprint density at radius 1 is 1.24 bits per heavy atom. The van der Waals surface area contributed by atoms with Gasteiger partial charge in [-0.1, -0.05) is 18.2 Å². The summed E-state index contributed by atoms with van der Waals surface area (Å²) in [5.41, 5.74) is 5.21. The van der Waals surface area contributed by atoms with Gasteiger partial charge in [0, 0.05) is 18.0 Å². The minimum Gasteiger partial charge on any atom is -0.504 e. The zero-order chi connectivity index (χ0) is 20.6. The number of carbonyl (C=O) groups excluding carboxylic acids is 1. The SMILES string of the molecule is C=CCc1cc(/C=N\NC(=O)c2ccccc2-n2cccc2)cc(OCC)c1O. The molecule has 0 fully saturated rings. The number of carbonyl (C=O) groups is 1. The highest BCUT2D eigenvalue weighted by atomic mass is 16.5. The van der Waals surface area contributed by atoms with E-state index in [0.29, 0.717) is 35.5 Å². The minimum absolute atomic E-state index is 0.0913. The minimum atomic E-state index is -0.319. The molecule has 29 heavy (non-hydrogen) atoms. The number of hydrogen-bond acceptors (Lipinski definition) is 4. The molecule has 148 valence electrons. The van der Waals surface area contributed by atoms with Crippen molar-refractivity contribution in [3.63, 3.8) is 0 Å². The fourth-order valence-corrected chi connectivity index (χ4v) is 2.95. The maximum Gasteiger partial charge on any atom is 0.273 e. The molecular formula is C23H23N3O3. The van der Waals surface area contributed by atoms with E-state index in [2.05, 4.69) is 17.1 Å². The van der Waals surface area contributed by atoms with Gasteiger partial charge in [0.25, 0.3) is 5.91 Å². The number of ether oxygens (including phenoxy) is 1. The summed E-state index contributed by atoms with van der Waals surface area (Å²) in [4.78, 5) is 12.6. The van der Waals surface area contributed by atoms with Crippen LogP contribution in [-0.2, 0) is 6.42 Å². The molecule has 0 unspecified atom stereocenters. The van der Waals surface area contributed by atoms with E-state index in [0.717, 1.165) is 5.69 Å². The topological polar surface area (TPSA) is 75.9 Å². The van der Waals surface area contributed by atoms with Gasteiger partial charge in [-0.25, -0.2) is 5.43 Å². The van der Waals surface area contributed by atoms with Gasteiger partial charge in [-0.05, 0) is 55.3 Å². The highest BCUT2D eigenvalue weighted by Crippen LogP contribution is 2.32. The number of phenols is 1. The van der Waals surface area contributed by atoms with E-state index < -0.39 is 0 Å². The number of aromatic hydroxyl groups is 1. The Bertz CT molecular complexity index is 1020. The molecule has 2 N–H and O–H groups in total. The van der Waals surface area contributed by atoms with Crippen molar-refractivity contribution in [2.24, 2.45) is 5.10 Å². The van der Waals surface area contributed by atoms with Crippen LogP contribution in [0.1, 0.15) is 28.4 Å². The van der Waals surface area contributed by atoms with Crippen molar-refractivity contribution in [1.82, 2.24) is 9.99 Å². The van der Waals surface area contributed by atoms with E-state index in [9.17, 15) is 9.90 Å². The number of para-hydroxylation sites is 1. The third-order valence-electron chi connectivity index (χ3n) is 4.25. The van der Waals surface area contributed by atoms with Crippen molar-refractivity contribution in [2.75, 3.05) is 6.61 Å². The number of nitrogens with one attached hydrogen (secondary N) is 1. The summed E-state index contributed by atoms with van der Waals surface area (Å²) in [6.07, 6.45) is 7.46. The molecule has 3 rings (SSSR count). The third-order valence-corrected chi connectivity index (χ3v) is 4.25. The van der Waals surface area contributed by atoms with Gasteiger partial charge in [-0.3, -0.25) is 4.79 Å². The number of amides is 1. The molecule has 1 amide bonds. The largest absolute Gasteiger partial charge is 0.504 e. The lowest BCUT2D eigenvalue weighted by molar-refractivity contribution is 0.0955. The predicted molar refractivity (Wildman–Crippen MR) is 114 cm³/mol. The van der Waals surface area contributed by atoms with Crippen LogP contribution in [0.15, 0.2) is 78.7 Å². The van der Waals surface area contributed by atoms with E-state index in [-0.39, 0.29) is 11.7 Å². The lowest BCUT2D eigenvalue weighted by atomic mass is 10.1. The Morgan fingerprint density at radius 3 is 2.72 bits per heavy atom. The molecular weight excluding hydrogens is 366 g/mol. The number of hydrazone groups is 1. The summed E-state index contributed by atoms with van der Waals surface area (Å²) < 4.78 is 7.35. The van der Waals surface area contributed by atoms with Gasteiger partial charge in [0.15, 0.2) is 11.5 Å². The quantitative estimate of drug-likeness (QED) is 0.346. The molecule has 0 aliphatic heterocycles. The summed E-state index contributed by atoms with van der Waals surface area (Å²) in [7, 11) is 0. The summed E-state index contributed by atoms with van der Waals surface area (Å²) in [6, 6.07) is 14.6. The number of phenolic OH excluding ortho intramolecular Hbond substituents is 1. The van der Waals surface area contributed by atoms with Crippen LogP contribution in [0.3, 0.4) is 0 Å². The van der Waals surface area contributed by atoms with E-state index >= 15 is 0 Å². The Labute approximate surface area is 169 Å². The maximum atomic E-state index is 12.6. The van der Waals surface area contributed by atoms with Crippen LogP contribution < -0.4 is 10.2 Å². The standard InChI is InChI=1S/C23H23N3O3/c1-3-9-18-14-17(15-21(22(18)27)29-4-2)16-24-25-23(28)19-10-5-6-11-20(19)26-12-7-8-13-26/h3,5-8,10-16,27H,1,4,9H2,2H3,(H,25,28)/b24-16-. The highest BCUT2D eigenvalue weighted by molar-refractivity contribution is 5.98. The molecule has 0 saturated heterocycles. The first-order chi connectivity index (χ1) is 14.1. The predicted octanol–water partition coefficient (Wildman–Crippen LogP) is 4.07. The van der Waals surface area contributed by atoms with Gasteiger partial charge in [-0.15, -0.1) is 6.58 Å². The normalized spacial score (nSPS) is 10.8. The highest BCUT2D eigenvalue weighted by Gasteiger charge is 2.12. The van der Waals surface area contributed by atoms with Crippen LogP contribution >= 0.6 is 0 Å². The Hall–Kier alpha value is -3.80. The summed E-state index contributed by atoms with van der Waals surface area (Å²) in [5.74, 6) is 0.145. The van der Waals surface area contributed by atoms with Crippen molar-refractivity contribution in [2.45, 2.75) is 13.3 Å². The second-order valence-electron chi connectivity index (χ2n) is 6.26. The molecule has 0 radical (unpaired) electrons. The molecule has 0 aliphatic rings.